The van der Waals surface area contributed by atoms with Crippen LogP contribution < -0.4 is 5.32 Å². The van der Waals surface area contributed by atoms with Crippen LogP contribution >= 0.6 is 0 Å². The molecule has 2 heterocycles. The molecule has 5 heteroatoms. The number of benzene rings is 1. The van der Waals surface area contributed by atoms with E-state index in [2.05, 4.69) is 51.6 Å². The number of anilines is 1. The van der Waals surface area contributed by atoms with E-state index in [0.29, 0.717) is 0 Å². The van der Waals surface area contributed by atoms with Gasteiger partial charge in [0.15, 0.2) is 5.82 Å². The number of nitrogens with zero attached hydrogens (tertiary/aromatic N) is 4. The van der Waals surface area contributed by atoms with E-state index in [-0.39, 0.29) is 0 Å². The van der Waals surface area contributed by atoms with Gasteiger partial charge in [-0.1, -0.05) is 31.2 Å². The molecule has 0 unspecified atom stereocenters. The van der Waals surface area contributed by atoms with Gasteiger partial charge in [-0.15, -0.1) is 0 Å². The van der Waals surface area contributed by atoms with Crippen LogP contribution in [0.5, 0.6) is 0 Å². The zero-order valence-corrected chi connectivity index (χ0v) is 13.7. The van der Waals surface area contributed by atoms with Gasteiger partial charge >= 0.3 is 0 Å². The lowest BCUT2D eigenvalue weighted by atomic mass is 10.1. The van der Waals surface area contributed by atoms with Crippen LogP contribution in [0.2, 0.25) is 0 Å². The molecule has 118 valence electrons. The third kappa shape index (κ3) is 3.39. The first kappa shape index (κ1) is 15.2. The summed E-state index contributed by atoms with van der Waals surface area (Å²) in [5, 5.41) is 7.81. The molecule has 0 aliphatic carbocycles. The summed E-state index contributed by atoms with van der Waals surface area (Å²) in [5.41, 5.74) is 4.65. The Bertz CT molecular complexity index is 807. The maximum atomic E-state index is 4.61. The monoisotopic (exact) mass is 307 g/mol. The summed E-state index contributed by atoms with van der Waals surface area (Å²) in [7, 11) is 0. The molecule has 0 radical (unpaired) electrons. The van der Waals surface area contributed by atoms with E-state index in [1.165, 1.54) is 11.1 Å². The fraction of sp³-hybridized carbons (Fsp3) is 0.278. The van der Waals surface area contributed by atoms with Gasteiger partial charge in [0.1, 0.15) is 5.82 Å². The zero-order valence-electron chi connectivity index (χ0n) is 13.7. The topological polar surface area (TPSA) is 55.6 Å². The van der Waals surface area contributed by atoms with E-state index in [1.807, 2.05) is 24.6 Å². The van der Waals surface area contributed by atoms with Crippen LogP contribution in [0.3, 0.4) is 0 Å². The Kier molecular flexibility index (Phi) is 4.37. The second kappa shape index (κ2) is 6.60. The molecule has 3 aromatic rings. The Labute approximate surface area is 136 Å². The molecular formula is C18H21N5. The average molecular weight is 307 g/mol. The van der Waals surface area contributed by atoms with Crippen LogP contribution in [0, 0.1) is 13.8 Å². The van der Waals surface area contributed by atoms with Crippen LogP contribution in [0.25, 0.3) is 5.82 Å². The summed E-state index contributed by atoms with van der Waals surface area (Å²) >= 11 is 0. The molecule has 1 N–H and O–H groups in total. The number of rotatable bonds is 5. The molecule has 0 saturated heterocycles. The molecule has 0 atom stereocenters. The molecule has 1 aromatic carbocycles. The van der Waals surface area contributed by atoms with E-state index in [9.17, 15) is 0 Å². The van der Waals surface area contributed by atoms with Crippen molar-refractivity contribution in [3.63, 3.8) is 0 Å². The van der Waals surface area contributed by atoms with E-state index in [1.54, 1.807) is 12.4 Å². The van der Waals surface area contributed by atoms with Gasteiger partial charge in [-0.3, -0.25) is 4.98 Å². The molecular weight excluding hydrogens is 286 g/mol. The summed E-state index contributed by atoms with van der Waals surface area (Å²) in [4.78, 5) is 8.89. The maximum Gasteiger partial charge on any atom is 0.174 e. The lowest BCUT2D eigenvalue weighted by Gasteiger charge is -2.10. The van der Waals surface area contributed by atoms with E-state index in [0.717, 1.165) is 36.0 Å². The zero-order chi connectivity index (χ0) is 16.2. The fourth-order valence-electron chi connectivity index (χ4n) is 2.66. The summed E-state index contributed by atoms with van der Waals surface area (Å²) < 4.78 is 1.81. The predicted octanol–water partition coefficient (Wildman–Crippen LogP) is 3.45. The Hall–Kier alpha value is -2.69. The third-order valence-electron chi connectivity index (χ3n) is 3.81. The van der Waals surface area contributed by atoms with Crippen molar-refractivity contribution in [2.24, 2.45) is 0 Å². The van der Waals surface area contributed by atoms with Crippen molar-refractivity contribution in [2.45, 2.75) is 33.7 Å². The van der Waals surface area contributed by atoms with Crippen molar-refractivity contribution in [2.75, 3.05) is 5.32 Å². The molecule has 2 aromatic heterocycles. The predicted molar refractivity (Wildman–Crippen MR) is 91.8 cm³/mol. The Morgan fingerprint density at radius 2 is 1.87 bits per heavy atom. The highest BCUT2D eigenvalue weighted by Crippen LogP contribution is 2.14. The molecule has 3 rings (SSSR count). The molecule has 0 amide bonds. The van der Waals surface area contributed by atoms with Crippen molar-refractivity contribution >= 4 is 5.82 Å². The summed E-state index contributed by atoms with van der Waals surface area (Å²) in [6, 6.07) is 10.5. The Morgan fingerprint density at radius 1 is 1.09 bits per heavy atom. The number of nitrogens with one attached hydrogen (secondary N) is 1. The summed E-state index contributed by atoms with van der Waals surface area (Å²) in [5.74, 6) is 1.48. The molecule has 5 nitrogen and oxygen atoms in total. The quantitative estimate of drug-likeness (QED) is 0.784. The Balaban J connectivity index is 1.79. The lowest BCUT2D eigenvalue weighted by molar-refractivity contribution is 0.799. The highest BCUT2D eigenvalue weighted by molar-refractivity contribution is 5.39. The van der Waals surface area contributed by atoms with Crippen molar-refractivity contribution in [3.05, 3.63) is 65.2 Å². The first-order chi connectivity index (χ1) is 11.2. The van der Waals surface area contributed by atoms with Crippen LogP contribution in [0.4, 0.5) is 5.82 Å². The summed E-state index contributed by atoms with van der Waals surface area (Å²) in [6.45, 7) is 6.89. The van der Waals surface area contributed by atoms with Gasteiger partial charge in [-0.05, 0) is 37.5 Å². The van der Waals surface area contributed by atoms with Crippen molar-refractivity contribution in [1.29, 1.82) is 0 Å². The molecule has 0 fully saturated rings. The van der Waals surface area contributed by atoms with Gasteiger partial charge in [-0.2, -0.15) is 5.10 Å². The number of aromatic nitrogens is 4. The van der Waals surface area contributed by atoms with E-state index < -0.39 is 0 Å². The SMILES string of the molecule is CCc1ccccc1CNc1cncc(-n2nc(C)cc2C)n1. The van der Waals surface area contributed by atoms with Crippen molar-refractivity contribution < 1.29 is 0 Å². The highest BCUT2D eigenvalue weighted by Gasteiger charge is 2.07. The molecule has 0 saturated carbocycles. The van der Waals surface area contributed by atoms with Crippen LogP contribution in [0.15, 0.2) is 42.7 Å². The second-order valence-corrected chi connectivity index (χ2v) is 5.58. The third-order valence-corrected chi connectivity index (χ3v) is 3.81. The standard InChI is InChI=1S/C18H21N5/c1-4-15-7-5-6-8-16(15)10-20-17-11-19-12-18(21-17)23-14(3)9-13(2)22-23/h5-9,11-12H,4,10H2,1-3H3,(H,20,21). The van der Waals surface area contributed by atoms with Gasteiger partial charge < -0.3 is 5.32 Å². The Morgan fingerprint density at radius 3 is 2.57 bits per heavy atom. The van der Waals surface area contributed by atoms with Gasteiger partial charge in [0.25, 0.3) is 0 Å². The highest BCUT2D eigenvalue weighted by atomic mass is 15.3. The molecule has 0 bridgehead atoms. The maximum absolute atomic E-state index is 4.61. The van der Waals surface area contributed by atoms with Gasteiger partial charge in [0.05, 0.1) is 18.1 Å². The van der Waals surface area contributed by atoms with Crippen molar-refractivity contribution in [3.8, 4) is 5.82 Å². The average Bonchev–Trinajstić information content (AvgIpc) is 2.92. The lowest BCUT2D eigenvalue weighted by Crippen LogP contribution is -2.08. The summed E-state index contributed by atoms with van der Waals surface area (Å²) in [6.07, 6.45) is 4.49. The molecule has 0 aliphatic heterocycles. The number of hydrogen-bond acceptors (Lipinski definition) is 4. The van der Waals surface area contributed by atoms with Crippen LogP contribution in [0.1, 0.15) is 29.4 Å². The second-order valence-electron chi connectivity index (χ2n) is 5.58. The molecule has 0 aliphatic rings. The number of hydrogen-bond donors (Lipinski definition) is 1. The first-order valence-corrected chi connectivity index (χ1v) is 7.83. The van der Waals surface area contributed by atoms with Gasteiger partial charge in [0, 0.05) is 12.2 Å². The number of aryl methyl sites for hydroxylation is 3. The minimum Gasteiger partial charge on any atom is -0.365 e. The first-order valence-electron chi connectivity index (χ1n) is 7.83. The largest absolute Gasteiger partial charge is 0.365 e. The van der Waals surface area contributed by atoms with Crippen molar-refractivity contribution in [1.82, 2.24) is 19.7 Å². The van der Waals surface area contributed by atoms with Crippen LogP contribution in [-0.2, 0) is 13.0 Å². The molecule has 23 heavy (non-hydrogen) atoms. The molecule has 0 spiro atoms. The van der Waals surface area contributed by atoms with Gasteiger partial charge in [-0.25, -0.2) is 9.67 Å². The normalized spacial score (nSPS) is 10.7. The minimum atomic E-state index is 0.726. The fourth-order valence-corrected chi connectivity index (χ4v) is 2.66. The van der Waals surface area contributed by atoms with Gasteiger partial charge in [0.2, 0.25) is 0 Å². The van der Waals surface area contributed by atoms with Crippen LogP contribution in [-0.4, -0.2) is 19.7 Å². The van der Waals surface area contributed by atoms with E-state index in [4.69, 9.17) is 0 Å². The van der Waals surface area contributed by atoms with E-state index >= 15 is 0 Å². The smallest absolute Gasteiger partial charge is 0.174 e. The minimum absolute atomic E-state index is 0.726.